The van der Waals surface area contributed by atoms with Gasteiger partial charge in [-0.2, -0.15) is 0 Å². The summed E-state index contributed by atoms with van der Waals surface area (Å²) in [7, 11) is 0. The zero-order valence-electron chi connectivity index (χ0n) is 9.61. The molecule has 1 aromatic carbocycles. The molecule has 0 spiro atoms. The van der Waals surface area contributed by atoms with Gasteiger partial charge in [0.1, 0.15) is 0 Å². The molecule has 0 unspecified atom stereocenters. The molecule has 0 fully saturated rings. The van der Waals surface area contributed by atoms with Crippen molar-refractivity contribution in [3.8, 4) is 0 Å². The largest absolute Gasteiger partial charge is 0.309 e. The molecule has 16 heavy (non-hydrogen) atoms. The quantitative estimate of drug-likeness (QED) is 0.806. The van der Waals surface area contributed by atoms with Crippen molar-refractivity contribution < 1.29 is 0 Å². The van der Waals surface area contributed by atoms with Gasteiger partial charge in [-0.25, -0.2) is 0 Å². The molecule has 0 saturated heterocycles. The van der Waals surface area contributed by atoms with E-state index in [2.05, 4.69) is 60.8 Å². The molecule has 0 atom stereocenters. The molecule has 1 heteroatoms. The Morgan fingerprint density at radius 3 is 2.44 bits per heavy atom. The van der Waals surface area contributed by atoms with Crippen molar-refractivity contribution in [1.29, 1.82) is 0 Å². The number of hydrogen-bond acceptors (Lipinski definition) is 1. The Morgan fingerprint density at radius 2 is 1.75 bits per heavy atom. The van der Waals surface area contributed by atoms with Crippen LogP contribution in [-0.2, 0) is 6.54 Å². The second-order valence-electron chi connectivity index (χ2n) is 4.04. The van der Waals surface area contributed by atoms with Crippen LogP contribution in [0, 0.1) is 0 Å². The van der Waals surface area contributed by atoms with E-state index in [1.165, 1.54) is 16.7 Å². The van der Waals surface area contributed by atoms with Gasteiger partial charge >= 0.3 is 0 Å². The fourth-order valence-corrected chi connectivity index (χ4v) is 1.75. The van der Waals surface area contributed by atoms with Gasteiger partial charge < -0.3 is 5.32 Å². The Hall–Kier alpha value is -1.60. The van der Waals surface area contributed by atoms with E-state index in [4.69, 9.17) is 0 Å². The van der Waals surface area contributed by atoms with E-state index >= 15 is 0 Å². The van der Waals surface area contributed by atoms with Gasteiger partial charge in [-0.3, -0.25) is 0 Å². The normalized spacial score (nSPS) is 13.4. The van der Waals surface area contributed by atoms with Gasteiger partial charge in [0.15, 0.2) is 0 Å². The highest BCUT2D eigenvalue weighted by Crippen LogP contribution is 2.12. The van der Waals surface area contributed by atoms with E-state index in [0.717, 1.165) is 13.1 Å². The number of allylic oxidation sites excluding steroid dienone is 5. The molecule has 0 bridgehead atoms. The maximum Gasteiger partial charge on any atom is 0.0208 e. The minimum Gasteiger partial charge on any atom is -0.309 e. The molecular formula is C15H17N. The molecule has 1 N–H and O–H groups in total. The lowest BCUT2D eigenvalue weighted by molar-refractivity contribution is 0.738. The van der Waals surface area contributed by atoms with Gasteiger partial charge in [0.2, 0.25) is 0 Å². The van der Waals surface area contributed by atoms with Crippen LogP contribution in [-0.4, -0.2) is 6.54 Å². The fraction of sp³-hybridized carbons (Fsp3) is 0.200. The van der Waals surface area contributed by atoms with E-state index < -0.39 is 0 Å². The van der Waals surface area contributed by atoms with Gasteiger partial charge in [-0.15, -0.1) is 0 Å². The Morgan fingerprint density at radius 1 is 1.06 bits per heavy atom. The van der Waals surface area contributed by atoms with Crippen molar-refractivity contribution in [3.63, 3.8) is 0 Å². The van der Waals surface area contributed by atoms with Crippen molar-refractivity contribution in [3.05, 3.63) is 71.3 Å². The molecule has 0 saturated carbocycles. The van der Waals surface area contributed by atoms with Crippen LogP contribution in [0.4, 0.5) is 0 Å². The first-order valence-corrected chi connectivity index (χ1v) is 5.65. The average molecular weight is 211 g/mol. The van der Waals surface area contributed by atoms with Crippen molar-refractivity contribution in [2.24, 2.45) is 0 Å². The topological polar surface area (TPSA) is 12.0 Å². The first-order valence-electron chi connectivity index (χ1n) is 5.65. The Labute approximate surface area is 97.2 Å². The van der Waals surface area contributed by atoms with Crippen LogP contribution in [0.3, 0.4) is 0 Å². The Balaban J connectivity index is 1.83. The summed E-state index contributed by atoms with van der Waals surface area (Å²) in [6, 6.07) is 10.5. The van der Waals surface area contributed by atoms with Crippen LogP contribution in [0.15, 0.2) is 65.8 Å². The Kier molecular flexibility index (Phi) is 3.73. The zero-order chi connectivity index (χ0) is 11.2. The minimum atomic E-state index is 0.929. The van der Waals surface area contributed by atoms with Gasteiger partial charge in [0.05, 0.1) is 0 Å². The van der Waals surface area contributed by atoms with E-state index in [1.54, 1.807) is 0 Å². The third kappa shape index (κ3) is 2.94. The molecule has 0 heterocycles. The van der Waals surface area contributed by atoms with Crippen LogP contribution < -0.4 is 5.32 Å². The number of rotatable bonds is 4. The first kappa shape index (κ1) is 10.9. The molecule has 0 amide bonds. The fourth-order valence-electron chi connectivity index (χ4n) is 1.75. The lowest BCUT2D eigenvalue weighted by atomic mass is 10.1. The molecular weight excluding hydrogens is 194 g/mol. The van der Waals surface area contributed by atoms with E-state index in [-0.39, 0.29) is 0 Å². The summed E-state index contributed by atoms with van der Waals surface area (Å²) >= 11 is 0. The second kappa shape index (κ2) is 5.47. The van der Waals surface area contributed by atoms with Crippen LogP contribution in [0.2, 0.25) is 0 Å². The summed E-state index contributed by atoms with van der Waals surface area (Å²) in [5, 5.41) is 3.45. The van der Waals surface area contributed by atoms with Gasteiger partial charge in [-0.05, 0) is 18.1 Å². The molecule has 0 aliphatic heterocycles. The van der Waals surface area contributed by atoms with Crippen molar-refractivity contribution in [2.75, 3.05) is 6.54 Å². The maximum absolute atomic E-state index is 3.45. The summed E-state index contributed by atoms with van der Waals surface area (Å²) in [5.74, 6) is 0. The highest BCUT2D eigenvalue weighted by atomic mass is 14.8. The summed E-state index contributed by atoms with van der Waals surface area (Å²) in [6.07, 6.45) is 8.46. The smallest absolute Gasteiger partial charge is 0.0208 e. The van der Waals surface area contributed by atoms with E-state index in [0.29, 0.717) is 0 Å². The predicted octanol–water partition coefficient (Wildman–Crippen LogP) is 3.22. The molecule has 1 nitrogen and oxygen atoms in total. The highest BCUT2D eigenvalue weighted by Gasteiger charge is 1.98. The standard InChI is InChI=1S/C15H17N/c1-13(15-9-5-6-10-15)11-16-12-14-7-3-2-4-8-14/h2-10,16H,11-12H2,1H3. The molecule has 2 rings (SSSR count). The summed E-state index contributed by atoms with van der Waals surface area (Å²) in [5.41, 5.74) is 4.05. The Bertz CT molecular complexity index is 410. The maximum atomic E-state index is 3.45. The SMILES string of the molecule is CC(CNCc1ccccc1)=C1C=CC=C1. The van der Waals surface area contributed by atoms with E-state index in [9.17, 15) is 0 Å². The number of nitrogens with one attached hydrogen (secondary N) is 1. The summed E-state index contributed by atoms with van der Waals surface area (Å²) in [4.78, 5) is 0. The molecule has 1 aliphatic rings. The molecule has 0 radical (unpaired) electrons. The minimum absolute atomic E-state index is 0.929. The molecule has 1 aromatic rings. The zero-order valence-corrected chi connectivity index (χ0v) is 9.61. The van der Waals surface area contributed by atoms with Crippen LogP contribution in [0.5, 0.6) is 0 Å². The van der Waals surface area contributed by atoms with Crippen molar-refractivity contribution in [1.82, 2.24) is 5.32 Å². The van der Waals surface area contributed by atoms with Gasteiger partial charge in [-0.1, -0.05) is 60.2 Å². The lowest BCUT2D eigenvalue weighted by Gasteiger charge is -2.06. The second-order valence-corrected chi connectivity index (χ2v) is 4.04. The average Bonchev–Trinajstić information content (AvgIpc) is 2.84. The van der Waals surface area contributed by atoms with Crippen LogP contribution >= 0.6 is 0 Å². The lowest BCUT2D eigenvalue weighted by Crippen LogP contribution is -2.16. The van der Waals surface area contributed by atoms with Crippen molar-refractivity contribution in [2.45, 2.75) is 13.5 Å². The number of benzene rings is 1. The van der Waals surface area contributed by atoms with Crippen LogP contribution in [0.1, 0.15) is 12.5 Å². The third-order valence-corrected chi connectivity index (χ3v) is 2.72. The molecule has 82 valence electrons. The predicted molar refractivity (Wildman–Crippen MR) is 69.1 cm³/mol. The number of hydrogen-bond donors (Lipinski definition) is 1. The first-order chi connectivity index (χ1) is 7.86. The molecule has 1 aliphatic carbocycles. The summed E-state index contributed by atoms with van der Waals surface area (Å²) in [6.45, 7) is 4.05. The van der Waals surface area contributed by atoms with Crippen LogP contribution in [0.25, 0.3) is 0 Å². The van der Waals surface area contributed by atoms with Gasteiger partial charge in [0, 0.05) is 13.1 Å². The monoisotopic (exact) mass is 211 g/mol. The highest BCUT2D eigenvalue weighted by molar-refractivity contribution is 5.43. The summed E-state index contributed by atoms with van der Waals surface area (Å²) < 4.78 is 0. The van der Waals surface area contributed by atoms with Gasteiger partial charge in [0.25, 0.3) is 0 Å². The van der Waals surface area contributed by atoms with E-state index in [1.807, 2.05) is 6.07 Å². The van der Waals surface area contributed by atoms with Crippen molar-refractivity contribution >= 4 is 0 Å². The molecule has 0 aromatic heterocycles. The third-order valence-electron chi connectivity index (χ3n) is 2.72.